The SMILES string of the molecule is C#Cc1cnc2ccc(-c3ccc(C)c(N4OCC[C@H]4c4ccccc4)c3)cn12. The first kappa shape index (κ1) is 17.5. The number of hydrogen-bond acceptors (Lipinski definition) is 3. The predicted molar refractivity (Wildman–Crippen MR) is 116 cm³/mol. The van der Waals surface area contributed by atoms with Crippen LogP contribution in [-0.4, -0.2) is 16.0 Å². The van der Waals surface area contributed by atoms with Crippen LogP contribution in [0.5, 0.6) is 0 Å². The van der Waals surface area contributed by atoms with Crippen LogP contribution in [0, 0.1) is 19.3 Å². The van der Waals surface area contributed by atoms with Gasteiger partial charge in [-0.15, -0.1) is 6.42 Å². The van der Waals surface area contributed by atoms with Gasteiger partial charge in [0.25, 0.3) is 0 Å². The Bertz CT molecular complexity index is 1220. The first-order chi connectivity index (χ1) is 14.2. The molecule has 0 spiro atoms. The topological polar surface area (TPSA) is 29.8 Å². The zero-order valence-electron chi connectivity index (χ0n) is 16.2. The van der Waals surface area contributed by atoms with Gasteiger partial charge in [0.05, 0.1) is 24.5 Å². The Kier molecular flexibility index (Phi) is 4.31. The van der Waals surface area contributed by atoms with Crippen LogP contribution < -0.4 is 5.06 Å². The molecule has 5 rings (SSSR count). The summed E-state index contributed by atoms with van der Waals surface area (Å²) in [5, 5.41) is 2.07. The monoisotopic (exact) mass is 379 g/mol. The number of hydroxylamine groups is 1. The molecule has 1 saturated heterocycles. The van der Waals surface area contributed by atoms with Crippen LogP contribution in [0.3, 0.4) is 0 Å². The maximum Gasteiger partial charge on any atom is 0.137 e. The summed E-state index contributed by atoms with van der Waals surface area (Å²) in [7, 11) is 0. The number of pyridine rings is 1. The molecule has 2 aromatic carbocycles. The third-order valence-corrected chi connectivity index (χ3v) is 5.52. The lowest BCUT2D eigenvalue weighted by Gasteiger charge is -2.27. The first-order valence-corrected chi connectivity index (χ1v) is 9.76. The fourth-order valence-corrected chi connectivity index (χ4v) is 3.97. The van der Waals surface area contributed by atoms with Gasteiger partial charge < -0.3 is 0 Å². The Labute approximate surface area is 170 Å². The van der Waals surface area contributed by atoms with Gasteiger partial charge >= 0.3 is 0 Å². The van der Waals surface area contributed by atoms with Gasteiger partial charge in [0.15, 0.2) is 0 Å². The Morgan fingerprint density at radius 2 is 1.90 bits per heavy atom. The van der Waals surface area contributed by atoms with Crippen LogP contribution in [0.4, 0.5) is 5.69 Å². The maximum absolute atomic E-state index is 6.06. The van der Waals surface area contributed by atoms with E-state index in [1.165, 1.54) is 11.1 Å². The molecule has 1 aliphatic heterocycles. The minimum atomic E-state index is 0.217. The second-order valence-corrected chi connectivity index (χ2v) is 7.31. The molecule has 4 nitrogen and oxygen atoms in total. The molecule has 0 aliphatic carbocycles. The number of fused-ring (bicyclic) bond motifs is 1. The normalized spacial score (nSPS) is 16.3. The van der Waals surface area contributed by atoms with Gasteiger partial charge in [-0.25, -0.2) is 10.0 Å². The number of hydrogen-bond donors (Lipinski definition) is 0. The van der Waals surface area contributed by atoms with Crippen molar-refractivity contribution in [1.82, 2.24) is 9.38 Å². The molecule has 0 bridgehead atoms. The highest BCUT2D eigenvalue weighted by Gasteiger charge is 2.29. The van der Waals surface area contributed by atoms with E-state index in [0.717, 1.165) is 41.2 Å². The molecule has 4 aromatic rings. The molecule has 0 unspecified atom stereocenters. The number of anilines is 1. The zero-order chi connectivity index (χ0) is 19.8. The van der Waals surface area contributed by atoms with Crippen molar-refractivity contribution in [2.24, 2.45) is 0 Å². The predicted octanol–water partition coefficient (Wildman–Crippen LogP) is 5.17. The Balaban J connectivity index is 1.56. The van der Waals surface area contributed by atoms with E-state index in [0.29, 0.717) is 0 Å². The quantitative estimate of drug-likeness (QED) is 0.460. The average Bonchev–Trinajstić information content (AvgIpc) is 3.41. The smallest absolute Gasteiger partial charge is 0.137 e. The van der Waals surface area contributed by atoms with Gasteiger partial charge in [-0.05, 0) is 47.4 Å². The van der Waals surface area contributed by atoms with Crippen molar-refractivity contribution >= 4 is 11.3 Å². The molecule has 1 aliphatic rings. The number of imidazole rings is 1. The average molecular weight is 379 g/mol. The Morgan fingerprint density at radius 1 is 1.07 bits per heavy atom. The van der Waals surface area contributed by atoms with Crippen LogP contribution in [0.25, 0.3) is 16.8 Å². The molecule has 0 radical (unpaired) electrons. The van der Waals surface area contributed by atoms with E-state index in [2.05, 4.69) is 71.4 Å². The minimum absolute atomic E-state index is 0.217. The zero-order valence-corrected chi connectivity index (χ0v) is 16.2. The summed E-state index contributed by atoms with van der Waals surface area (Å²) in [4.78, 5) is 10.4. The van der Waals surface area contributed by atoms with Gasteiger partial charge in [-0.1, -0.05) is 48.4 Å². The summed E-state index contributed by atoms with van der Waals surface area (Å²) >= 11 is 0. The molecule has 2 aromatic heterocycles. The molecular weight excluding hydrogens is 358 g/mol. The van der Waals surface area contributed by atoms with E-state index in [4.69, 9.17) is 11.3 Å². The summed E-state index contributed by atoms with van der Waals surface area (Å²) in [5.41, 5.74) is 7.35. The van der Waals surface area contributed by atoms with Crippen molar-refractivity contribution in [3.05, 3.63) is 89.9 Å². The summed E-state index contributed by atoms with van der Waals surface area (Å²) in [6.07, 6.45) is 10.4. The van der Waals surface area contributed by atoms with Crippen LogP contribution in [0.1, 0.15) is 29.3 Å². The highest BCUT2D eigenvalue weighted by molar-refractivity contribution is 5.71. The van der Waals surface area contributed by atoms with Crippen molar-refractivity contribution in [3.8, 4) is 23.5 Å². The van der Waals surface area contributed by atoms with Gasteiger partial charge in [-0.2, -0.15) is 0 Å². The molecule has 4 heteroatoms. The standard InChI is InChI=1S/C25H21N3O/c1-3-22-16-26-25-12-11-21(17-27(22)25)20-10-9-18(2)24(15-20)28-23(13-14-29-28)19-7-5-4-6-8-19/h1,4-12,15-17,23H,13-14H2,2H3/t23-/m0/s1. The molecule has 3 heterocycles. The van der Waals surface area contributed by atoms with E-state index in [9.17, 15) is 0 Å². The first-order valence-electron chi connectivity index (χ1n) is 9.76. The van der Waals surface area contributed by atoms with Crippen molar-refractivity contribution in [2.45, 2.75) is 19.4 Å². The lowest BCUT2D eigenvalue weighted by Crippen LogP contribution is -2.22. The van der Waals surface area contributed by atoms with Gasteiger partial charge in [-0.3, -0.25) is 9.24 Å². The largest absolute Gasteiger partial charge is 0.292 e. The fourth-order valence-electron chi connectivity index (χ4n) is 3.97. The minimum Gasteiger partial charge on any atom is -0.292 e. The third kappa shape index (κ3) is 3.06. The van der Waals surface area contributed by atoms with E-state index in [1.807, 2.05) is 22.7 Å². The lowest BCUT2D eigenvalue weighted by molar-refractivity contribution is 0.158. The van der Waals surface area contributed by atoms with E-state index in [-0.39, 0.29) is 6.04 Å². The summed E-state index contributed by atoms with van der Waals surface area (Å²) in [6.45, 7) is 2.84. The van der Waals surface area contributed by atoms with E-state index in [1.54, 1.807) is 6.20 Å². The fraction of sp³-hybridized carbons (Fsp3) is 0.160. The highest BCUT2D eigenvalue weighted by Crippen LogP contribution is 2.38. The van der Waals surface area contributed by atoms with E-state index >= 15 is 0 Å². The van der Waals surface area contributed by atoms with Crippen LogP contribution >= 0.6 is 0 Å². The van der Waals surface area contributed by atoms with Crippen molar-refractivity contribution in [1.29, 1.82) is 0 Å². The maximum atomic E-state index is 6.06. The second-order valence-electron chi connectivity index (χ2n) is 7.31. The molecular formula is C25H21N3O. The molecule has 1 fully saturated rings. The van der Waals surface area contributed by atoms with Crippen LogP contribution in [0.15, 0.2) is 73.1 Å². The summed E-state index contributed by atoms with van der Waals surface area (Å²) in [5.74, 6) is 2.69. The van der Waals surface area contributed by atoms with Gasteiger partial charge in [0, 0.05) is 12.6 Å². The van der Waals surface area contributed by atoms with E-state index < -0.39 is 0 Å². The Morgan fingerprint density at radius 3 is 2.72 bits per heavy atom. The van der Waals surface area contributed by atoms with Crippen molar-refractivity contribution in [3.63, 3.8) is 0 Å². The molecule has 0 saturated carbocycles. The second kappa shape index (κ2) is 7.12. The van der Waals surface area contributed by atoms with Crippen molar-refractivity contribution < 1.29 is 4.84 Å². The Hall–Kier alpha value is -3.55. The number of benzene rings is 2. The number of aromatic nitrogens is 2. The van der Waals surface area contributed by atoms with Gasteiger partial charge in [0.2, 0.25) is 0 Å². The van der Waals surface area contributed by atoms with Gasteiger partial charge in [0.1, 0.15) is 11.3 Å². The molecule has 1 atom stereocenters. The third-order valence-electron chi connectivity index (χ3n) is 5.52. The van der Waals surface area contributed by atoms with Crippen LogP contribution in [-0.2, 0) is 4.84 Å². The van der Waals surface area contributed by atoms with Crippen LogP contribution in [0.2, 0.25) is 0 Å². The molecule has 0 N–H and O–H groups in total. The van der Waals surface area contributed by atoms with Crippen molar-refractivity contribution in [2.75, 3.05) is 11.7 Å². The number of aryl methyl sites for hydroxylation is 1. The lowest BCUT2D eigenvalue weighted by atomic mass is 10.0. The molecule has 29 heavy (non-hydrogen) atoms. The number of terminal acetylenes is 1. The highest BCUT2D eigenvalue weighted by atomic mass is 16.7. The molecule has 0 amide bonds. The summed E-state index contributed by atoms with van der Waals surface area (Å²) < 4.78 is 1.95. The number of nitrogens with zero attached hydrogens (tertiary/aromatic N) is 3. The number of rotatable bonds is 3. The summed E-state index contributed by atoms with van der Waals surface area (Å²) in [6, 6.07) is 21.3. The molecule has 142 valence electrons.